The first-order valence-electron chi connectivity index (χ1n) is 26.7. The summed E-state index contributed by atoms with van der Waals surface area (Å²) in [5.41, 5.74) is 16.4. The third kappa shape index (κ3) is 6.72. The lowest BCUT2D eigenvalue weighted by Crippen LogP contribution is -2.29. The van der Waals surface area contributed by atoms with Crippen molar-refractivity contribution in [3.8, 4) is 55.6 Å². The summed E-state index contributed by atoms with van der Waals surface area (Å²) in [5, 5.41) is 0.120. The van der Waals surface area contributed by atoms with Crippen LogP contribution in [0.1, 0.15) is 31.8 Å². The van der Waals surface area contributed by atoms with Crippen LogP contribution in [0.3, 0.4) is 0 Å². The molecule has 0 saturated heterocycles. The third-order valence-electron chi connectivity index (χ3n) is 13.7. The number of para-hydroxylation sites is 3. The number of benzene rings is 11. The maximum absolute atomic E-state index is 9.18. The lowest BCUT2D eigenvalue weighted by Gasteiger charge is -2.35. The Kier molecular flexibility index (Phi) is 8.11. The Balaban J connectivity index is 0.903. The molecule has 0 saturated carbocycles. The molecule has 0 fully saturated rings. The molecule has 1 aliphatic carbocycles. The minimum absolute atomic E-state index is 0.0326. The maximum atomic E-state index is 9.18. The van der Waals surface area contributed by atoms with Gasteiger partial charge in [-0.1, -0.05) is 230 Å². The van der Waals surface area contributed by atoms with Crippen LogP contribution in [0.4, 0.5) is 17.1 Å². The highest BCUT2D eigenvalue weighted by molar-refractivity contribution is 6.09. The molecule has 12 aromatic rings. The van der Waals surface area contributed by atoms with E-state index in [9.17, 15) is 1.37 Å². The van der Waals surface area contributed by atoms with Gasteiger partial charge in [0.1, 0.15) is 11.2 Å². The Bertz CT molecular complexity index is 4200. The molecule has 324 valence electrons. The molecule has 13 rings (SSSR count). The van der Waals surface area contributed by atoms with Crippen molar-refractivity contribution in [3.63, 3.8) is 0 Å². The lowest BCUT2D eigenvalue weighted by molar-refractivity contribution is 0.670. The number of fused-ring (bicyclic) bond motifs is 6. The molecular weight excluding hydrogens is 835 g/mol. The smallest absolute Gasteiger partial charge is 0.143 e. The summed E-state index contributed by atoms with van der Waals surface area (Å²) in [5.74, 6) is 0. The first kappa shape index (κ1) is 33.5. The van der Waals surface area contributed by atoms with Crippen molar-refractivity contribution < 1.29 is 14.0 Å². The van der Waals surface area contributed by atoms with E-state index in [-0.39, 0.29) is 57.7 Å². The van der Waals surface area contributed by atoms with Crippen molar-refractivity contribution in [2.75, 3.05) is 4.90 Å². The number of furan rings is 1. The van der Waals surface area contributed by atoms with Crippen molar-refractivity contribution in [3.05, 3.63) is 295 Å². The largest absolute Gasteiger partial charge is 0.455 e. The molecule has 1 aliphatic rings. The molecule has 0 N–H and O–H groups in total. The monoisotopic (exact) mass is 886 g/mol. The van der Waals surface area contributed by atoms with Gasteiger partial charge in [0.2, 0.25) is 0 Å². The molecule has 1 heterocycles. The molecule has 1 unspecified atom stereocenters. The first-order chi connectivity index (χ1) is 37.1. The molecular formula is C67H45NO. The highest BCUT2D eigenvalue weighted by atomic mass is 16.3. The molecule has 0 aliphatic heterocycles. The van der Waals surface area contributed by atoms with E-state index in [1.54, 1.807) is 0 Å². The highest BCUT2D eigenvalue weighted by Gasteiger charge is 2.47. The summed E-state index contributed by atoms with van der Waals surface area (Å²) >= 11 is 0. The summed E-state index contributed by atoms with van der Waals surface area (Å²) in [6.07, 6.45) is 0. The average molecular weight is 887 g/mol. The van der Waals surface area contributed by atoms with Crippen LogP contribution in [-0.2, 0) is 5.41 Å². The average Bonchev–Trinajstić information content (AvgIpc) is 4.07. The number of hydrogen-bond donors (Lipinski definition) is 0. The summed E-state index contributed by atoms with van der Waals surface area (Å²) in [7, 11) is 0. The fourth-order valence-electron chi connectivity index (χ4n) is 10.6. The molecule has 2 heteroatoms. The normalized spacial score (nSPS) is 15.3. The number of rotatable bonds is 9. The molecule has 11 aromatic carbocycles. The van der Waals surface area contributed by atoms with Crippen LogP contribution in [0.2, 0.25) is 0 Å². The van der Waals surface area contributed by atoms with Gasteiger partial charge in [-0.05, 0) is 115 Å². The second-order valence-corrected chi connectivity index (χ2v) is 17.4. The Morgan fingerprint density at radius 1 is 0.333 bits per heavy atom. The Hall–Kier alpha value is -8.98. The number of nitrogens with zero attached hydrogens (tertiary/aromatic N) is 1. The number of anilines is 3. The zero-order valence-electron chi connectivity index (χ0n) is 44.3. The van der Waals surface area contributed by atoms with Crippen molar-refractivity contribution in [1.82, 2.24) is 0 Å². The fourth-order valence-corrected chi connectivity index (χ4v) is 10.6. The minimum atomic E-state index is -0.803. The Morgan fingerprint density at radius 2 is 0.812 bits per heavy atom. The van der Waals surface area contributed by atoms with Crippen LogP contribution in [0, 0.1) is 0 Å². The minimum Gasteiger partial charge on any atom is -0.455 e. The van der Waals surface area contributed by atoms with Gasteiger partial charge in [0.05, 0.1) is 15.0 Å². The quantitative estimate of drug-likeness (QED) is 0.144. The van der Waals surface area contributed by atoms with Crippen molar-refractivity contribution in [1.29, 1.82) is 0 Å². The van der Waals surface area contributed by atoms with Gasteiger partial charge >= 0.3 is 0 Å². The highest BCUT2D eigenvalue weighted by Crippen LogP contribution is 2.59. The first-order valence-corrected chi connectivity index (χ1v) is 23.2. The molecule has 1 atom stereocenters. The van der Waals surface area contributed by atoms with E-state index in [2.05, 4.69) is 205 Å². The van der Waals surface area contributed by atoms with Crippen molar-refractivity contribution in [2.24, 2.45) is 0 Å². The zero-order valence-corrected chi connectivity index (χ0v) is 37.3. The molecule has 69 heavy (non-hydrogen) atoms. The van der Waals surface area contributed by atoms with Crippen molar-refractivity contribution in [2.45, 2.75) is 5.41 Å². The van der Waals surface area contributed by atoms with Crippen molar-refractivity contribution >= 4 is 39.0 Å². The van der Waals surface area contributed by atoms with Gasteiger partial charge in [0.15, 0.2) is 0 Å². The van der Waals surface area contributed by atoms with Crippen LogP contribution in [-0.4, -0.2) is 0 Å². The van der Waals surface area contributed by atoms with E-state index in [1.165, 1.54) is 11.1 Å². The molecule has 0 amide bonds. The molecule has 2 nitrogen and oxygen atoms in total. The van der Waals surface area contributed by atoms with E-state index < -0.39 is 17.5 Å². The molecule has 0 radical (unpaired) electrons. The second kappa shape index (κ2) is 16.7. The van der Waals surface area contributed by atoms with E-state index >= 15 is 0 Å². The van der Waals surface area contributed by atoms with Crippen LogP contribution >= 0.6 is 0 Å². The molecule has 1 aromatic heterocycles. The van der Waals surface area contributed by atoms with Gasteiger partial charge in [-0.25, -0.2) is 0 Å². The number of hydrogen-bond acceptors (Lipinski definition) is 2. The zero-order chi connectivity index (χ0) is 51.8. The standard InChI is InChI=1S/C67H45NO/c1-4-16-46(17-5-1)48-36-42-55(43-37-48)68(54-20-8-3-9-21-54)56-44-38-49(39-45-56)47-30-32-50(33-31-47)57-24-14-26-61-59-22-10-12-28-63(59)67(65(57)61,52-18-6-2-7-19-52)53-40-34-51(35-41-53)58-25-15-27-62-60-23-11-13-29-64(60)69-66(58)62/h1-45H/i11D,13D,15D,23D,25D,27D,29D. The van der Waals surface area contributed by atoms with Gasteiger partial charge in [-0.3, -0.25) is 0 Å². The third-order valence-corrected chi connectivity index (χ3v) is 13.7. The van der Waals surface area contributed by atoms with E-state index in [0.29, 0.717) is 5.56 Å². The predicted octanol–water partition coefficient (Wildman–Crippen LogP) is 18.1. The van der Waals surface area contributed by atoms with Gasteiger partial charge in [-0.15, -0.1) is 0 Å². The fraction of sp³-hybridized carbons (Fsp3) is 0.0149. The van der Waals surface area contributed by atoms with E-state index in [1.807, 2.05) is 30.3 Å². The molecule has 0 bridgehead atoms. The second-order valence-electron chi connectivity index (χ2n) is 17.4. The van der Waals surface area contributed by atoms with Gasteiger partial charge in [0, 0.05) is 33.4 Å². The van der Waals surface area contributed by atoms with Crippen LogP contribution < -0.4 is 4.90 Å². The van der Waals surface area contributed by atoms with Gasteiger partial charge in [-0.2, -0.15) is 0 Å². The summed E-state index contributed by atoms with van der Waals surface area (Å²) in [6, 6.07) is 78.3. The summed E-state index contributed by atoms with van der Waals surface area (Å²) in [4.78, 5) is 2.28. The maximum Gasteiger partial charge on any atom is 0.143 e. The topological polar surface area (TPSA) is 16.4 Å². The summed E-state index contributed by atoms with van der Waals surface area (Å²) in [6.45, 7) is 0. The summed E-state index contributed by atoms with van der Waals surface area (Å²) < 4.78 is 67.3. The van der Waals surface area contributed by atoms with Crippen LogP contribution in [0.25, 0.3) is 77.6 Å². The van der Waals surface area contributed by atoms with Gasteiger partial charge < -0.3 is 9.32 Å². The van der Waals surface area contributed by atoms with E-state index in [0.717, 1.165) is 72.7 Å². The Labute approximate surface area is 412 Å². The van der Waals surface area contributed by atoms with E-state index in [4.69, 9.17) is 12.6 Å². The van der Waals surface area contributed by atoms with Gasteiger partial charge in [0.25, 0.3) is 0 Å². The van der Waals surface area contributed by atoms with Crippen LogP contribution in [0.5, 0.6) is 0 Å². The lowest BCUT2D eigenvalue weighted by atomic mass is 9.66. The molecule has 0 spiro atoms. The Morgan fingerprint density at radius 3 is 1.51 bits per heavy atom. The predicted molar refractivity (Wildman–Crippen MR) is 287 cm³/mol. The SMILES string of the molecule is [2H]c1c([2H])c([2H])c2c(oc3c(-c4ccc(C5(c6ccccc6)c6ccccc6-c6cccc(-c7ccc(-c8ccc(N(c9ccccc9)c9ccc(-c%10ccccc%10)cc9)cc8)cc7)c65)cc4)c([2H])c([2H])c([2H])c32)c1[2H]. The van der Waals surface area contributed by atoms with Crippen LogP contribution in [0.15, 0.2) is 277 Å².